The van der Waals surface area contributed by atoms with Gasteiger partial charge in [0.15, 0.2) is 12.4 Å². The molecule has 0 bridgehead atoms. The van der Waals surface area contributed by atoms with Crippen LogP contribution in [0.3, 0.4) is 0 Å². The first-order valence-corrected chi connectivity index (χ1v) is 4.74. The molecule has 0 fully saturated rings. The summed E-state index contributed by atoms with van der Waals surface area (Å²) < 4.78 is 5.63. The standard InChI is InChI=1S/C11H15NO3/c1-11(2,3)8-15-10(13)9-5-4-6-12(14)7-9/h4-7H,8H2,1-3H3. The van der Waals surface area contributed by atoms with Crippen molar-refractivity contribution in [1.82, 2.24) is 0 Å². The van der Waals surface area contributed by atoms with Gasteiger partial charge in [-0.3, -0.25) is 0 Å². The number of carbonyl (C=O) groups excluding carboxylic acids is 1. The number of ether oxygens (including phenoxy) is 1. The average molecular weight is 209 g/mol. The zero-order chi connectivity index (χ0) is 11.5. The van der Waals surface area contributed by atoms with E-state index in [1.54, 1.807) is 6.07 Å². The maximum atomic E-state index is 11.5. The number of rotatable bonds is 2. The number of carbonyl (C=O) groups is 1. The van der Waals surface area contributed by atoms with Crippen molar-refractivity contribution < 1.29 is 14.3 Å². The van der Waals surface area contributed by atoms with Crippen LogP contribution >= 0.6 is 0 Å². The van der Waals surface area contributed by atoms with Gasteiger partial charge in [0.25, 0.3) is 0 Å². The Labute approximate surface area is 89.1 Å². The van der Waals surface area contributed by atoms with Gasteiger partial charge >= 0.3 is 5.97 Å². The third-order valence-corrected chi connectivity index (χ3v) is 1.65. The van der Waals surface area contributed by atoms with Crippen molar-refractivity contribution in [2.24, 2.45) is 5.41 Å². The van der Waals surface area contributed by atoms with Gasteiger partial charge in [0, 0.05) is 6.07 Å². The number of hydrogen-bond acceptors (Lipinski definition) is 3. The summed E-state index contributed by atoms with van der Waals surface area (Å²) in [4.78, 5) is 11.5. The van der Waals surface area contributed by atoms with Crippen molar-refractivity contribution >= 4 is 5.97 Å². The van der Waals surface area contributed by atoms with E-state index in [4.69, 9.17) is 4.74 Å². The fraction of sp³-hybridized carbons (Fsp3) is 0.455. The summed E-state index contributed by atoms with van der Waals surface area (Å²) in [6.45, 7) is 6.25. The minimum atomic E-state index is -0.463. The van der Waals surface area contributed by atoms with E-state index in [0.29, 0.717) is 11.3 Å². The molecular weight excluding hydrogens is 194 g/mol. The number of nitrogens with zero attached hydrogens (tertiary/aromatic N) is 1. The highest BCUT2D eigenvalue weighted by Gasteiger charge is 2.16. The Morgan fingerprint density at radius 1 is 1.53 bits per heavy atom. The van der Waals surface area contributed by atoms with Crippen LogP contribution in [0.1, 0.15) is 31.1 Å². The summed E-state index contributed by atoms with van der Waals surface area (Å²) in [5, 5.41) is 10.9. The van der Waals surface area contributed by atoms with Gasteiger partial charge in [-0.15, -0.1) is 0 Å². The van der Waals surface area contributed by atoms with Crippen LogP contribution in [-0.4, -0.2) is 12.6 Å². The van der Waals surface area contributed by atoms with Crippen molar-refractivity contribution in [1.29, 1.82) is 0 Å². The molecular formula is C11H15NO3. The molecule has 0 saturated carbocycles. The normalized spacial score (nSPS) is 11.1. The lowest BCUT2D eigenvalue weighted by Gasteiger charge is -2.17. The molecule has 1 aromatic heterocycles. The van der Waals surface area contributed by atoms with E-state index >= 15 is 0 Å². The second kappa shape index (κ2) is 4.29. The van der Waals surface area contributed by atoms with Gasteiger partial charge < -0.3 is 9.94 Å². The molecule has 0 aliphatic rings. The Kier molecular flexibility index (Phi) is 3.29. The molecule has 0 N–H and O–H groups in total. The summed E-state index contributed by atoms with van der Waals surface area (Å²) in [7, 11) is 0. The van der Waals surface area contributed by atoms with Gasteiger partial charge in [0.1, 0.15) is 5.56 Å². The fourth-order valence-corrected chi connectivity index (χ4v) is 0.941. The molecule has 0 unspecified atom stereocenters. The van der Waals surface area contributed by atoms with Gasteiger partial charge in [-0.1, -0.05) is 20.8 Å². The van der Waals surface area contributed by atoms with E-state index in [1.807, 2.05) is 20.8 Å². The van der Waals surface area contributed by atoms with Crippen molar-refractivity contribution in [2.45, 2.75) is 20.8 Å². The highest BCUT2D eigenvalue weighted by Crippen LogP contribution is 2.13. The van der Waals surface area contributed by atoms with E-state index in [0.717, 1.165) is 0 Å². The van der Waals surface area contributed by atoms with Crippen LogP contribution in [-0.2, 0) is 4.74 Å². The highest BCUT2D eigenvalue weighted by atomic mass is 16.5. The summed E-state index contributed by atoms with van der Waals surface area (Å²) >= 11 is 0. The molecule has 0 spiro atoms. The second-order valence-corrected chi connectivity index (χ2v) is 4.59. The molecule has 0 atom stereocenters. The molecule has 15 heavy (non-hydrogen) atoms. The Bertz CT molecular complexity index is 355. The van der Waals surface area contributed by atoms with E-state index in [-0.39, 0.29) is 11.0 Å². The van der Waals surface area contributed by atoms with Crippen LogP contribution in [0.15, 0.2) is 24.5 Å². The van der Waals surface area contributed by atoms with Gasteiger partial charge in [-0.25, -0.2) is 4.79 Å². The van der Waals surface area contributed by atoms with Gasteiger partial charge in [-0.2, -0.15) is 4.73 Å². The summed E-state index contributed by atoms with van der Waals surface area (Å²) in [6.07, 6.45) is 2.52. The lowest BCUT2D eigenvalue weighted by Crippen LogP contribution is -2.27. The fourth-order valence-electron chi connectivity index (χ4n) is 0.941. The molecule has 0 amide bonds. The lowest BCUT2D eigenvalue weighted by molar-refractivity contribution is -0.605. The lowest BCUT2D eigenvalue weighted by atomic mass is 9.99. The zero-order valence-electron chi connectivity index (χ0n) is 9.19. The first-order valence-electron chi connectivity index (χ1n) is 4.74. The van der Waals surface area contributed by atoms with Crippen molar-refractivity contribution in [2.75, 3.05) is 6.61 Å². The van der Waals surface area contributed by atoms with E-state index < -0.39 is 5.97 Å². The largest absolute Gasteiger partial charge is 0.619 e. The van der Waals surface area contributed by atoms with Crippen molar-refractivity contribution in [3.63, 3.8) is 0 Å². The van der Waals surface area contributed by atoms with Crippen molar-refractivity contribution in [3.05, 3.63) is 35.3 Å². The first-order chi connectivity index (χ1) is 6.88. The Morgan fingerprint density at radius 3 is 2.73 bits per heavy atom. The zero-order valence-corrected chi connectivity index (χ0v) is 9.19. The number of esters is 1. The van der Waals surface area contributed by atoms with Crippen LogP contribution < -0.4 is 4.73 Å². The topological polar surface area (TPSA) is 53.2 Å². The quantitative estimate of drug-likeness (QED) is 0.421. The molecule has 4 heteroatoms. The third kappa shape index (κ3) is 3.97. The number of pyridine rings is 1. The molecule has 0 aliphatic carbocycles. The number of hydrogen-bond donors (Lipinski definition) is 0. The molecule has 0 radical (unpaired) electrons. The molecule has 0 saturated heterocycles. The molecule has 0 aromatic carbocycles. The maximum Gasteiger partial charge on any atom is 0.344 e. The Hall–Kier alpha value is -1.58. The SMILES string of the molecule is CC(C)(C)COC(=O)c1ccc[n+]([O-])c1. The maximum absolute atomic E-state index is 11.5. The average Bonchev–Trinajstić information content (AvgIpc) is 2.13. The van der Waals surface area contributed by atoms with Crippen molar-refractivity contribution in [3.8, 4) is 0 Å². The first kappa shape index (κ1) is 11.5. The number of aromatic nitrogens is 1. The second-order valence-electron chi connectivity index (χ2n) is 4.59. The summed E-state index contributed by atoms with van der Waals surface area (Å²) in [5.41, 5.74) is 0.203. The molecule has 1 aromatic rings. The monoisotopic (exact) mass is 209 g/mol. The Balaban J connectivity index is 2.62. The van der Waals surface area contributed by atoms with E-state index in [9.17, 15) is 10.0 Å². The smallest absolute Gasteiger partial charge is 0.344 e. The van der Waals surface area contributed by atoms with Crippen LogP contribution in [0.4, 0.5) is 0 Å². The minimum absolute atomic E-state index is 0.0715. The Morgan fingerprint density at radius 2 is 2.20 bits per heavy atom. The molecule has 0 aliphatic heterocycles. The highest BCUT2D eigenvalue weighted by molar-refractivity contribution is 5.88. The van der Waals surface area contributed by atoms with Gasteiger partial charge in [0.2, 0.25) is 0 Å². The van der Waals surface area contributed by atoms with Crippen LogP contribution in [0, 0.1) is 10.6 Å². The molecule has 1 rings (SSSR count). The van der Waals surface area contributed by atoms with Gasteiger partial charge in [0.05, 0.1) is 6.61 Å². The predicted molar refractivity (Wildman–Crippen MR) is 55.1 cm³/mol. The predicted octanol–water partition coefficient (Wildman–Crippen LogP) is 1.52. The van der Waals surface area contributed by atoms with Crippen LogP contribution in [0.2, 0.25) is 0 Å². The molecule has 4 nitrogen and oxygen atoms in total. The van der Waals surface area contributed by atoms with Gasteiger partial charge in [-0.05, 0) is 11.5 Å². The molecule has 82 valence electrons. The van der Waals surface area contributed by atoms with Crippen LogP contribution in [0.25, 0.3) is 0 Å². The summed E-state index contributed by atoms with van der Waals surface area (Å²) in [6, 6.07) is 3.07. The third-order valence-electron chi connectivity index (χ3n) is 1.65. The molecule has 1 heterocycles. The van der Waals surface area contributed by atoms with Crippen LogP contribution in [0.5, 0.6) is 0 Å². The van der Waals surface area contributed by atoms with E-state index in [1.165, 1.54) is 18.5 Å². The summed E-state index contributed by atoms with van der Waals surface area (Å²) in [5.74, 6) is -0.463. The minimum Gasteiger partial charge on any atom is -0.619 e. The van der Waals surface area contributed by atoms with E-state index in [2.05, 4.69) is 0 Å².